The highest BCUT2D eigenvalue weighted by molar-refractivity contribution is 6.01. The minimum absolute atomic E-state index is 0.0751. The monoisotopic (exact) mass is 582 g/mol. The Kier molecular flexibility index (Phi) is 13.3. The maximum atomic E-state index is 12.9. The molecular weight excluding hydrogens is 536 g/mol. The molecule has 0 radical (unpaired) electrons. The second-order valence-corrected chi connectivity index (χ2v) is 12.5. The highest BCUT2D eigenvalue weighted by Crippen LogP contribution is 2.14. The molecule has 0 aromatic carbocycles. The van der Waals surface area contributed by atoms with Gasteiger partial charge in [0, 0.05) is 25.2 Å². The summed E-state index contributed by atoms with van der Waals surface area (Å²) < 4.78 is 21.1. The molecular formula is C28H46N4O9. The van der Waals surface area contributed by atoms with E-state index in [4.69, 9.17) is 18.9 Å². The summed E-state index contributed by atoms with van der Waals surface area (Å²) in [5.41, 5.74) is -2.14. The number of nitrogens with zero attached hydrogens (tertiary/aromatic N) is 1. The van der Waals surface area contributed by atoms with Gasteiger partial charge < -0.3 is 34.9 Å². The van der Waals surface area contributed by atoms with Crippen molar-refractivity contribution in [2.45, 2.75) is 123 Å². The van der Waals surface area contributed by atoms with Gasteiger partial charge >= 0.3 is 30.0 Å². The summed E-state index contributed by atoms with van der Waals surface area (Å²) in [7, 11) is 0. The predicted octanol–water partition coefficient (Wildman–Crippen LogP) is 3.65. The standard InChI is InChI=1S/C28H46N4O9/c1-26(2,3)39-21(33)14-13-19(22(34)38-20-15-17-29-20)32-24(36)31-18(23(35)40-27(4,5)6)12-10-11-16-30-25(37)41-28(7,8)9/h15,17-19H,10-14,16H2,1-9H3,(H,30,37)(H2,31,32,36). The lowest BCUT2D eigenvalue weighted by Crippen LogP contribution is -2.52. The third-order valence-electron chi connectivity index (χ3n) is 4.86. The first-order valence-electron chi connectivity index (χ1n) is 13.7. The molecule has 41 heavy (non-hydrogen) atoms. The van der Waals surface area contributed by atoms with E-state index in [-0.39, 0.29) is 25.2 Å². The number of aliphatic imine (C=N–C) groups is 1. The Balaban J connectivity index is 2.81. The molecule has 3 N–H and O–H groups in total. The predicted molar refractivity (Wildman–Crippen MR) is 151 cm³/mol. The fourth-order valence-corrected chi connectivity index (χ4v) is 3.23. The van der Waals surface area contributed by atoms with Crippen LogP contribution in [0, 0.1) is 0 Å². The first-order chi connectivity index (χ1) is 18.7. The molecule has 1 rings (SSSR count). The second kappa shape index (κ2) is 15.4. The van der Waals surface area contributed by atoms with Crippen LogP contribution in [0.15, 0.2) is 17.3 Å². The Morgan fingerprint density at radius 3 is 1.78 bits per heavy atom. The molecule has 3 amide bonds. The van der Waals surface area contributed by atoms with Gasteiger partial charge in [0.05, 0.1) is 0 Å². The molecule has 1 aliphatic heterocycles. The number of ether oxygens (including phenoxy) is 4. The average molecular weight is 583 g/mol. The van der Waals surface area contributed by atoms with Crippen molar-refractivity contribution >= 4 is 35.9 Å². The zero-order valence-corrected chi connectivity index (χ0v) is 25.7. The highest BCUT2D eigenvalue weighted by atomic mass is 16.6. The SMILES string of the molecule is CC(C)(C)OC(=O)CCC(NC(=O)NC(CCCCNC(=O)OC(C)(C)C)C(=O)OC(C)(C)C)C(=O)OC1=NC=C1. The van der Waals surface area contributed by atoms with Gasteiger partial charge in [-0.2, -0.15) is 0 Å². The van der Waals surface area contributed by atoms with Crippen molar-refractivity contribution < 1.29 is 42.9 Å². The van der Waals surface area contributed by atoms with Crippen LogP contribution in [-0.4, -0.2) is 71.4 Å². The number of hydrogen-bond acceptors (Lipinski definition) is 10. The van der Waals surface area contributed by atoms with E-state index < -0.39 is 58.9 Å². The quantitative estimate of drug-likeness (QED) is 0.176. The number of carbonyl (C=O) groups is 5. The molecule has 232 valence electrons. The molecule has 13 heteroatoms. The summed E-state index contributed by atoms with van der Waals surface area (Å²) in [5.74, 6) is -1.96. The number of alkyl carbamates (subject to hydrolysis) is 1. The molecule has 0 saturated carbocycles. The second-order valence-electron chi connectivity index (χ2n) is 12.5. The Hall–Kier alpha value is -3.64. The summed E-state index contributed by atoms with van der Waals surface area (Å²) >= 11 is 0. The molecule has 2 unspecified atom stereocenters. The summed E-state index contributed by atoms with van der Waals surface area (Å²) in [4.78, 5) is 66.3. The molecule has 0 saturated heterocycles. The van der Waals surface area contributed by atoms with Crippen molar-refractivity contribution in [2.75, 3.05) is 6.54 Å². The van der Waals surface area contributed by atoms with Gasteiger partial charge in [-0.15, -0.1) is 0 Å². The van der Waals surface area contributed by atoms with E-state index in [0.717, 1.165) is 0 Å². The zero-order valence-electron chi connectivity index (χ0n) is 25.7. The molecule has 1 heterocycles. The van der Waals surface area contributed by atoms with Gasteiger partial charge in [0.15, 0.2) is 0 Å². The van der Waals surface area contributed by atoms with Gasteiger partial charge in [-0.3, -0.25) is 4.79 Å². The number of nitrogens with one attached hydrogen (secondary N) is 3. The van der Waals surface area contributed by atoms with Crippen molar-refractivity contribution in [3.05, 3.63) is 12.3 Å². The van der Waals surface area contributed by atoms with Crippen LogP contribution in [0.5, 0.6) is 0 Å². The Labute approximate surface area is 242 Å². The van der Waals surface area contributed by atoms with Gasteiger partial charge in [0.1, 0.15) is 28.9 Å². The number of urea groups is 1. The third-order valence-corrected chi connectivity index (χ3v) is 4.86. The van der Waals surface area contributed by atoms with E-state index in [2.05, 4.69) is 20.9 Å². The molecule has 0 spiro atoms. The normalized spacial score (nSPS) is 14.4. The molecule has 0 aromatic heterocycles. The maximum Gasteiger partial charge on any atom is 0.407 e. The lowest BCUT2D eigenvalue weighted by molar-refractivity contribution is -0.157. The summed E-state index contributed by atoms with van der Waals surface area (Å²) in [6, 6.07) is -3.10. The van der Waals surface area contributed by atoms with Crippen LogP contribution in [0.25, 0.3) is 0 Å². The molecule has 1 aliphatic rings. The molecule has 0 fully saturated rings. The number of esters is 3. The van der Waals surface area contributed by atoms with Crippen LogP contribution >= 0.6 is 0 Å². The molecule has 2 atom stereocenters. The molecule has 0 aromatic rings. The number of unbranched alkanes of at least 4 members (excludes halogenated alkanes) is 1. The molecule has 13 nitrogen and oxygen atoms in total. The van der Waals surface area contributed by atoms with E-state index >= 15 is 0 Å². The van der Waals surface area contributed by atoms with E-state index in [1.807, 2.05) is 0 Å². The number of rotatable bonds is 12. The fraction of sp³-hybridized carbons (Fsp3) is 0.714. The number of hydrogen-bond donors (Lipinski definition) is 3. The van der Waals surface area contributed by atoms with Crippen LogP contribution in [0.3, 0.4) is 0 Å². The summed E-state index contributed by atoms with van der Waals surface area (Å²) in [5, 5.41) is 7.68. The highest BCUT2D eigenvalue weighted by Gasteiger charge is 2.30. The van der Waals surface area contributed by atoms with E-state index in [9.17, 15) is 24.0 Å². The van der Waals surface area contributed by atoms with Crippen LogP contribution in [0.2, 0.25) is 0 Å². The topological polar surface area (TPSA) is 171 Å². The lowest BCUT2D eigenvalue weighted by Gasteiger charge is -2.26. The van der Waals surface area contributed by atoms with Crippen molar-refractivity contribution in [3.8, 4) is 0 Å². The van der Waals surface area contributed by atoms with Crippen LogP contribution in [-0.2, 0) is 33.3 Å². The minimum atomic E-state index is -1.23. The van der Waals surface area contributed by atoms with Crippen LogP contribution in [0.1, 0.15) is 94.4 Å². The molecule has 0 bridgehead atoms. The average Bonchev–Trinajstić information content (AvgIpc) is 2.74. The Bertz CT molecular complexity index is 1000. The third kappa shape index (κ3) is 16.9. The van der Waals surface area contributed by atoms with E-state index in [0.29, 0.717) is 19.4 Å². The largest absolute Gasteiger partial charge is 0.460 e. The van der Waals surface area contributed by atoms with Gasteiger partial charge in [-0.25, -0.2) is 24.2 Å². The summed E-state index contributed by atoms with van der Waals surface area (Å²) in [6.45, 7) is 15.8. The van der Waals surface area contributed by atoms with Crippen molar-refractivity contribution in [3.63, 3.8) is 0 Å². The van der Waals surface area contributed by atoms with E-state index in [1.54, 1.807) is 62.3 Å². The Morgan fingerprint density at radius 1 is 0.756 bits per heavy atom. The van der Waals surface area contributed by atoms with Crippen LogP contribution < -0.4 is 16.0 Å². The van der Waals surface area contributed by atoms with Crippen LogP contribution in [0.4, 0.5) is 9.59 Å². The summed E-state index contributed by atoms with van der Waals surface area (Å²) in [6.07, 6.45) is 3.24. The zero-order chi connectivity index (χ0) is 31.4. The van der Waals surface area contributed by atoms with Gasteiger partial charge in [-0.05, 0) is 88.0 Å². The Morgan fingerprint density at radius 2 is 1.29 bits per heavy atom. The van der Waals surface area contributed by atoms with Crippen molar-refractivity contribution in [1.29, 1.82) is 0 Å². The lowest BCUT2D eigenvalue weighted by atomic mass is 10.1. The smallest absolute Gasteiger partial charge is 0.407 e. The van der Waals surface area contributed by atoms with Gasteiger partial charge in [0.2, 0.25) is 5.90 Å². The maximum absolute atomic E-state index is 12.9. The van der Waals surface area contributed by atoms with Crippen molar-refractivity contribution in [2.24, 2.45) is 4.99 Å². The van der Waals surface area contributed by atoms with Crippen molar-refractivity contribution in [1.82, 2.24) is 16.0 Å². The number of carbonyl (C=O) groups excluding carboxylic acids is 5. The minimum Gasteiger partial charge on any atom is -0.460 e. The first-order valence-corrected chi connectivity index (χ1v) is 13.7. The first kappa shape index (κ1) is 35.4. The van der Waals surface area contributed by atoms with Gasteiger partial charge in [0.25, 0.3) is 0 Å². The van der Waals surface area contributed by atoms with E-state index in [1.165, 1.54) is 12.3 Å². The fourth-order valence-electron chi connectivity index (χ4n) is 3.23. The number of amides is 3. The molecule has 0 aliphatic carbocycles. The van der Waals surface area contributed by atoms with Gasteiger partial charge in [-0.1, -0.05) is 0 Å².